The molecule has 168 valence electrons. The van der Waals surface area contributed by atoms with Crippen molar-refractivity contribution < 1.29 is 13.9 Å². The van der Waals surface area contributed by atoms with Crippen LogP contribution in [0.4, 0.5) is 10.2 Å². The summed E-state index contributed by atoms with van der Waals surface area (Å²) in [5, 5.41) is 5.14. The SMILES string of the molecule is CNCC[C@H](Oc1ccc(CN2CCN(C)c3ncncc3C2=O)c(F)c1)c1cccs1. The monoisotopic (exact) mass is 455 g/mol. The van der Waals surface area contributed by atoms with E-state index in [0.717, 1.165) is 17.8 Å². The van der Waals surface area contributed by atoms with Gasteiger partial charge in [-0.05, 0) is 31.1 Å². The minimum Gasteiger partial charge on any atom is -0.485 e. The first-order valence-electron chi connectivity index (χ1n) is 10.5. The third kappa shape index (κ3) is 4.89. The number of hydrogen-bond donors (Lipinski definition) is 1. The van der Waals surface area contributed by atoms with Gasteiger partial charge in [-0.2, -0.15) is 0 Å². The highest BCUT2D eigenvalue weighted by molar-refractivity contribution is 7.10. The number of halogens is 1. The molecule has 1 N–H and O–H groups in total. The second kappa shape index (κ2) is 10.1. The van der Waals surface area contributed by atoms with Crippen LogP contribution in [-0.2, 0) is 6.54 Å². The van der Waals surface area contributed by atoms with E-state index in [9.17, 15) is 9.18 Å². The second-order valence-electron chi connectivity index (χ2n) is 7.68. The highest BCUT2D eigenvalue weighted by Gasteiger charge is 2.27. The van der Waals surface area contributed by atoms with E-state index in [-0.39, 0.29) is 18.6 Å². The lowest BCUT2D eigenvalue weighted by molar-refractivity contribution is 0.0753. The Hall–Kier alpha value is -3.04. The van der Waals surface area contributed by atoms with Crippen molar-refractivity contribution in [2.24, 2.45) is 0 Å². The molecule has 2 aromatic heterocycles. The molecule has 0 saturated carbocycles. The fraction of sp³-hybridized carbons (Fsp3) is 0.348. The van der Waals surface area contributed by atoms with Crippen molar-refractivity contribution in [1.82, 2.24) is 20.2 Å². The molecule has 7 nitrogen and oxygen atoms in total. The summed E-state index contributed by atoms with van der Waals surface area (Å²) < 4.78 is 21.1. The van der Waals surface area contributed by atoms with Crippen molar-refractivity contribution in [3.05, 3.63) is 70.1 Å². The number of hydrogen-bond acceptors (Lipinski definition) is 7. The topological polar surface area (TPSA) is 70.6 Å². The lowest BCUT2D eigenvalue weighted by Crippen LogP contribution is -2.33. The number of likely N-dealkylation sites (N-methyl/N-ethyl adjacent to an activating group) is 1. The Balaban J connectivity index is 1.49. The Morgan fingerprint density at radius 1 is 1.31 bits per heavy atom. The van der Waals surface area contributed by atoms with E-state index in [1.807, 2.05) is 36.5 Å². The van der Waals surface area contributed by atoms with Gasteiger partial charge >= 0.3 is 0 Å². The lowest BCUT2D eigenvalue weighted by Gasteiger charge is -2.22. The maximum atomic E-state index is 15.0. The Morgan fingerprint density at radius 2 is 2.19 bits per heavy atom. The molecule has 1 atom stereocenters. The van der Waals surface area contributed by atoms with Gasteiger partial charge < -0.3 is 19.9 Å². The normalized spacial score (nSPS) is 14.8. The number of aromatic nitrogens is 2. The average molecular weight is 456 g/mol. The molecule has 3 aromatic rings. The van der Waals surface area contributed by atoms with Gasteiger partial charge in [0.2, 0.25) is 0 Å². The summed E-state index contributed by atoms with van der Waals surface area (Å²) in [6, 6.07) is 8.88. The van der Waals surface area contributed by atoms with Crippen molar-refractivity contribution in [1.29, 1.82) is 0 Å². The molecule has 1 aliphatic rings. The van der Waals surface area contributed by atoms with E-state index in [0.29, 0.717) is 35.8 Å². The summed E-state index contributed by atoms with van der Waals surface area (Å²) in [7, 11) is 3.78. The van der Waals surface area contributed by atoms with Crippen LogP contribution >= 0.6 is 11.3 Å². The van der Waals surface area contributed by atoms with Crippen LogP contribution in [0.3, 0.4) is 0 Å². The number of amides is 1. The number of fused-ring (bicyclic) bond motifs is 1. The minimum atomic E-state index is -0.393. The molecule has 4 rings (SSSR count). The molecule has 1 amide bonds. The van der Waals surface area contributed by atoms with E-state index >= 15 is 0 Å². The number of nitrogens with one attached hydrogen (secondary N) is 1. The van der Waals surface area contributed by atoms with E-state index in [4.69, 9.17) is 4.74 Å². The van der Waals surface area contributed by atoms with Gasteiger partial charge in [0.05, 0.1) is 0 Å². The summed E-state index contributed by atoms with van der Waals surface area (Å²) in [5.41, 5.74) is 0.868. The molecule has 0 fully saturated rings. The van der Waals surface area contributed by atoms with Crippen LogP contribution in [0, 0.1) is 5.82 Å². The van der Waals surface area contributed by atoms with Gasteiger partial charge in [0, 0.05) is 55.8 Å². The summed E-state index contributed by atoms with van der Waals surface area (Å²) in [6.07, 6.45) is 3.57. The number of ether oxygens (including phenoxy) is 1. The zero-order valence-electron chi connectivity index (χ0n) is 18.1. The molecule has 9 heteroatoms. The van der Waals surface area contributed by atoms with Gasteiger partial charge in [-0.25, -0.2) is 14.4 Å². The van der Waals surface area contributed by atoms with E-state index in [2.05, 4.69) is 15.3 Å². The fourth-order valence-corrected chi connectivity index (χ4v) is 4.48. The number of thiophene rings is 1. The van der Waals surface area contributed by atoms with Crippen LogP contribution in [0.15, 0.2) is 48.2 Å². The first-order valence-corrected chi connectivity index (χ1v) is 11.4. The number of rotatable bonds is 8. The predicted octanol–water partition coefficient (Wildman–Crippen LogP) is 3.50. The summed E-state index contributed by atoms with van der Waals surface area (Å²) in [5.74, 6) is 0.477. The van der Waals surface area contributed by atoms with Crippen molar-refractivity contribution in [2.45, 2.75) is 19.1 Å². The molecular formula is C23H26FN5O2S. The number of carbonyl (C=O) groups excluding carboxylic acids is 1. The maximum Gasteiger partial charge on any atom is 0.259 e. The standard InChI is InChI=1S/C23H26FN5O2S/c1-25-8-7-20(21-4-3-11-32-21)31-17-6-5-16(19(24)12-17)14-29-10-9-28(2)22-18(23(29)30)13-26-15-27-22/h3-6,11-13,15,20,25H,7-10,14H2,1-2H3/t20-/m0/s1. The molecule has 1 aliphatic heterocycles. The Labute approximate surface area is 190 Å². The van der Waals surface area contributed by atoms with Crippen molar-refractivity contribution >= 4 is 23.1 Å². The first kappa shape index (κ1) is 22.2. The first-order chi connectivity index (χ1) is 15.6. The molecular weight excluding hydrogens is 429 g/mol. The van der Waals surface area contributed by atoms with Crippen LogP contribution in [0.2, 0.25) is 0 Å². The van der Waals surface area contributed by atoms with Crippen LogP contribution in [-0.4, -0.2) is 54.5 Å². The second-order valence-corrected chi connectivity index (χ2v) is 8.65. The molecule has 1 aromatic carbocycles. The summed E-state index contributed by atoms with van der Waals surface area (Å²) in [6.45, 7) is 2.03. The van der Waals surface area contributed by atoms with Crippen molar-refractivity contribution in [3.63, 3.8) is 0 Å². The largest absolute Gasteiger partial charge is 0.485 e. The number of nitrogens with zero attached hydrogens (tertiary/aromatic N) is 4. The lowest BCUT2D eigenvalue weighted by atomic mass is 10.1. The predicted molar refractivity (Wildman–Crippen MR) is 123 cm³/mol. The third-order valence-electron chi connectivity index (χ3n) is 5.46. The Morgan fingerprint density at radius 3 is 2.94 bits per heavy atom. The minimum absolute atomic E-state index is 0.146. The summed E-state index contributed by atoms with van der Waals surface area (Å²) >= 11 is 1.62. The number of anilines is 1. The quantitative estimate of drug-likeness (QED) is 0.561. The van der Waals surface area contributed by atoms with Gasteiger partial charge in [-0.3, -0.25) is 4.79 Å². The van der Waals surface area contributed by atoms with Crippen LogP contribution in [0.5, 0.6) is 5.75 Å². The molecule has 3 heterocycles. The highest BCUT2D eigenvalue weighted by Crippen LogP contribution is 2.29. The van der Waals surface area contributed by atoms with Gasteiger partial charge in [-0.1, -0.05) is 12.1 Å². The Kier molecular flexibility index (Phi) is 6.96. The van der Waals surface area contributed by atoms with Gasteiger partial charge in [0.15, 0.2) is 0 Å². The number of carbonyl (C=O) groups is 1. The molecule has 0 radical (unpaired) electrons. The number of benzene rings is 1. The van der Waals surface area contributed by atoms with E-state index < -0.39 is 5.82 Å². The summed E-state index contributed by atoms with van der Waals surface area (Å²) in [4.78, 5) is 25.9. The Bertz CT molecular complexity index is 1060. The van der Waals surface area contributed by atoms with Crippen molar-refractivity contribution in [2.75, 3.05) is 38.6 Å². The molecule has 0 bridgehead atoms. The third-order valence-corrected chi connectivity index (χ3v) is 6.42. The average Bonchev–Trinajstić information content (AvgIpc) is 3.31. The van der Waals surface area contributed by atoms with E-state index in [1.54, 1.807) is 28.4 Å². The van der Waals surface area contributed by atoms with E-state index in [1.165, 1.54) is 18.6 Å². The fourth-order valence-electron chi connectivity index (χ4n) is 3.69. The maximum absolute atomic E-state index is 15.0. The van der Waals surface area contributed by atoms with Gasteiger partial charge in [0.25, 0.3) is 5.91 Å². The smallest absolute Gasteiger partial charge is 0.259 e. The zero-order chi connectivity index (χ0) is 22.5. The van der Waals surface area contributed by atoms with Crippen molar-refractivity contribution in [3.8, 4) is 5.75 Å². The molecule has 32 heavy (non-hydrogen) atoms. The van der Waals surface area contributed by atoms with Gasteiger partial charge in [-0.15, -0.1) is 11.3 Å². The molecule has 0 unspecified atom stereocenters. The van der Waals surface area contributed by atoms with Gasteiger partial charge in [0.1, 0.15) is 35.4 Å². The zero-order valence-corrected chi connectivity index (χ0v) is 18.9. The molecule has 0 aliphatic carbocycles. The van der Waals surface area contributed by atoms with Crippen LogP contribution < -0.4 is 15.0 Å². The highest BCUT2D eigenvalue weighted by atomic mass is 32.1. The van der Waals surface area contributed by atoms with Crippen LogP contribution in [0.1, 0.15) is 33.3 Å². The molecule has 0 saturated heterocycles. The molecule has 0 spiro atoms. The van der Waals surface area contributed by atoms with Crippen LogP contribution in [0.25, 0.3) is 0 Å².